The van der Waals surface area contributed by atoms with Gasteiger partial charge in [0.15, 0.2) is 11.5 Å². The lowest BCUT2D eigenvalue weighted by atomic mass is 10.0. The average Bonchev–Trinajstić information content (AvgIpc) is 3.39. The number of hydrogen-bond acceptors (Lipinski definition) is 5. The lowest BCUT2D eigenvalue weighted by Crippen LogP contribution is -2.13. The van der Waals surface area contributed by atoms with Crippen LogP contribution in [0.4, 0.5) is 0 Å². The predicted molar refractivity (Wildman–Crippen MR) is 86.9 cm³/mol. The van der Waals surface area contributed by atoms with Gasteiger partial charge in [-0.15, -0.1) is 0 Å². The normalized spacial score (nSPS) is 13.2. The fourth-order valence-corrected chi connectivity index (χ4v) is 2.46. The van der Waals surface area contributed by atoms with Gasteiger partial charge >= 0.3 is 5.97 Å². The molecule has 1 heterocycles. The zero-order valence-electron chi connectivity index (χ0n) is 13.4. The van der Waals surface area contributed by atoms with E-state index in [0.717, 1.165) is 12.8 Å². The molecule has 6 heteroatoms. The topological polar surface area (TPSA) is 92.2 Å². The zero-order chi connectivity index (χ0) is 17.3. The molecule has 0 unspecified atom stereocenters. The molecule has 1 aromatic heterocycles. The highest BCUT2D eigenvalue weighted by Crippen LogP contribution is 2.36. The molecule has 1 aromatic carbocycles. The van der Waals surface area contributed by atoms with Crippen molar-refractivity contribution in [3.63, 3.8) is 0 Å². The van der Waals surface area contributed by atoms with Crippen LogP contribution in [0.1, 0.15) is 24.1 Å². The van der Waals surface area contributed by atoms with E-state index in [1.165, 1.54) is 7.11 Å². The maximum Gasteiger partial charge on any atom is 0.314 e. The summed E-state index contributed by atoms with van der Waals surface area (Å²) in [4.78, 5) is 26.4. The SMILES string of the molecule is COc1cc(-c2cc(C)[nH]c(=O)c2C#N)ccc1OC(=O)C1CC1. The van der Waals surface area contributed by atoms with Crippen LogP contribution in [0, 0.1) is 24.2 Å². The van der Waals surface area contributed by atoms with E-state index in [2.05, 4.69) is 4.98 Å². The minimum atomic E-state index is -0.435. The van der Waals surface area contributed by atoms with Crippen LogP contribution in [-0.2, 0) is 4.79 Å². The molecular weight excluding hydrogens is 308 g/mol. The summed E-state index contributed by atoms with van der Waals surface area (Å²) in [6, 6.07) is 8.63. The molecule has 0 amide bonds. The van der Waals surface area contributed by atoms with E-state index < -0.39 is 5.56 Å². The van der Waals surface area contributed by atoms with E-state index >= 15 is 0 Å². The third-order valence-electron chi connectivity index (χ3n) is 3.88. The van der Waals surface area contributed by atoms with Crippen LogP contribution in [-0.4, -0.2) is 18.1 Å². The number of nitrogens with one attached hydrogen (secondary N) is 1. The van der Waals surface area contributed by atoms with Gasteiger partial charge in [0.25, 0.3) is 5.56 Å². The Morgan fingerprint density at radius 1 is 1.29 bits per heavy atom. The Kier molecular flexibility index (Phi) is 4.09. The van der Waals surface area contributed by atoms with Crippen molar-refractivity contribution >= 4 is 5.97 Å². The fourth-order valence-electron chi connectivity index (χ4n) is 2.46. The van der Waals surface area contributed by atoms with E-state index in [9.17, 15) is 14.9 Å². The van der Waals surface area contributed by atoms with E-state index in [-0.39, 0.29) is 17.5 Å². The highest BCUT2D eigenvalue weighted by Gasteiger charge is 2.32. The Morgan fingerprint density at radius 2 is 2.04 bits per heavy atom. The Bertz CT molecular complexity index is 904. The molecule has 0 atom stereocenters. The number of benzene rings is 1. The number of aryl methyl sites for hydroxylation is 1. The lowest BCUT2D eigenvalue weighted by molar-refractivity contribution is -0.135. The number of carbonyl (C=O) groups is 1. The first-order chi connectivity index (χ1) is 11.5. The second kappa shape index (κ2) is 6.20. The van der Waals surface area contributed by atoms with Crippen LogP contribution in [0.25, 0.3) is 11.1 Å². The van der Waals surface area contributed by atoms with Gasteiger partial charge in [0.2, 0.25) is 0 Å². The molecule has 3 rings (SSSR count). The van der Waals surface area contributed by atoms with Crippen molar-refractivity contribution in [1.82, 2.24) is 4.98 Å². The number of esters is 1. The number of methoxy groups -OCH3 is 1. The first kappa shape index (κ1) is 15.8. The van der Waals surface area contributed by atoms with Gasteiger partial charge in [0.05, 0.1) is 13.0 Å². The number of hydrogen-bond donors (Lipinski definition) is 1. The van der Waals surface area contributed by atoms with Gasteiger partial charge in [-0.25, -0.2) is 0 Å². The summed E-state index contributed by atoms with van der Waals surface area (Å²) >= 11 is 0. The van der Waals surface area contributed by atoms with Crippen molar-refractivity contribution in [2.45, 2.75) is 19.8 Å². The van der Waals surface area contributed by atoms with E-state index in [4.69, 9.17) is 9.47 Å². The first-order valence-corrected chi connectivity index (χ1v) is 7.57. The molecule has 0 aliphatic heterocycles. The lowest BCUT2D eigenvalue weighted by Gasteiger charge is -2.12. The van der Waals surface area contributed by atoms with Gasteiger partial charge in [-0.3, -0.25) is 9.59 Å². The van der Waals surface area contributed by atoms with Gasteiger partial charge in [-0.2, -0.15) is 5.26 Å². The summed E-state index contributed by atoms with van der Waals surface area (Å²) in [7, 11) is 1.47. The number of pyridine rings is 1. The van der Waals surface area contributed by atoms with Crippen molar-refractivity contribution in [3.05, 3.63) is 45.9 Å². The Morgan fingerprint density at radius 3 is 2.67 bits per heavy atom. The van der Waals surface area contributed by atoms with Gasteiger partial charge in [0.1, 0.15) is 11.6 Å². The minimum absolute atomic E-state index is 0.0186. The molecular formula is C18H16N2O4. The quantitative estimate of drug-likeness (QED) is 0.689. The molecule has 0 radical (unpaired) electrons. The number of aromatic amines is 1. The van der Waals surface area contributed by atoms with E-state index in [1.807, 2.05) is 6.07 Å². The molecule has 1 aliphatic carbocycles. The predicted octanol–water partition coefficient (Wildman–Crippen LogP) is 2.55. The fraction of sp³-hybridized carbons (Fsp3) is 0.278. The molecule has 2 aromatic rings. The van der Waals surface area contributed by atoms with Crippen molar-refractivity contribution in [3.8, 4) is 28.7 Å². The van der Waals surface area contributed by atoms with E-state index in [0.29, 0.717) is 28.3 Å². The third-order valence-corrected chi connectivity index (χ3v) is 3.88. The Labute approximate surface area is 138 Å². The van der Waals surface area contributed by atoms with Gasteiger partial charge in [0, 0.05) is 11.3 Å². The molecule has 6 nitrogen and oxygen atoms in total. The zero-order valence-corrected chi connectivity index (χ0v) is 13.4. The number of nitriles is 1. The maximum atomic E-state index is 11.9. The average molecular weight is 324 g/mol. The monoisotopic (exact) mass is 324 g/mol. The smallest absolute Gasteiger partial charge is 0.314 e. The van der Waals surface area contributed by atoms with Crippen LogP contribution in [0.5, 0.6) is 11.5 Å². The Balaban J connectivity index is 2.03. The second-order valence-corrected chi connectivity index (χ2v) is 5.74. The maximum absolute atomic E-state index is 11.9. The minimum Gasteiger partial charge on any atom is -0.493 e. The molecule has 0 bridgehead atoms. The number of nitrogens with zero attached hydrogens (tertiary/aromatic N) is 1. The third kappa shape index (κ3) is 3.01. The molecule has 24 heavy (non-hydrogen) atoms. The van der Waals surface area contributed by atoms with E-state index in [1.54, 1.807) is 31.2 Å². The first-order valence-electron chi connectivity index (χ1n) is 7.57. The number of H-pyrrole nitrogens is 1. The molecule has 1 saturated carbocycles. The highest BCUT2D eigenvalue weighted by atomic mass is 16.6. The summed E-state index contributed by atoms with van der Waals surface area (Å²) in [5.41, 5.74) is 1.40. The number of carbonyl (C=O) groups excluding carboxylic acids is 1. The van der Waals surface area contributed by atoms with Crippen LogP contribution in [0.3, 0.4) is 0 Å². The summed E-state index contributed by atoms with van der Waals surface area (Å²) < 4.78 is 10.7. The largest absolute Gasteiger partial charge is 0.493 e. The van der Waals surface area contributed by atoms with Crippen molar-refractivity contribution in [2.24, 2.45) is 5.92 Å². The summed E-state index contributed by atoms with van der Waals surface area (Å²) in [6.45, 7) is 1.75. The number of ether oxygens (including phenoxy) is 2. The summed E-state index contributed by atoms with van der Waals surface area (Å²) in [6.07, 6.45) is 1.72. The number of aromatic nitrogens is 1. The van der Waals surface area contributed by atoms with Crippen LogP contribution >= 0.6 is 0 Å². The summed E-state index contributed by atoms with van der Waals surface area (Å²) in [5.74, 6) is 0.433. The Hall–Kier alpha value is -3.07. The molecule has 122 valence electrons. The van der Waals surface area contributed by atoms with Crippen molar-refractivity contribution in [2.75, 3.05) is 7.11 Å². The van der Waals surface area contributed by atoms with Gasteiger partial charge in [-0.1, -0.05) is 6.07 Å². The molecule has 0 saturated heterocycles. The van der Waals surface area contributed by atoms with Gasteiger partial charge < -0.3 is 14.5 Å². The highest BCUT2D eigenvalue weighted by molar-refractivity contribution is 5.79. The van der Waals surface area contributed by atoms with Crippen LogP contribution in [0.15, 0.2) is 29.1 Å². The summed E-state index contributed by atoms with van der Waals surface area (Å²) in [5, 5.41) is 9.25. The molecule has 1 fully saturated rings. The molecule has 1 aliphatic rings. The second-order valence-electron chi connectivity index (χ2n) is 5.74. The van der Waals surface area contributed by atoms with Crippen molar-refractivity contribution < 1.29 is 14.3 Å². The van der Waals surface area contributed by atoms with Crippen LogP contribution < -0.4 is 15.0 Å². The van der Waals surface area contributed by atoms with Crippen molar-refractivity contribution in [1.29, 1.82) is 5.26 Å². The molecule has 1 N–H and O–H groups in total. The standard InChI is InChI=1S/C18H16N2O4/c1-10-7-13(14(9-19)17(21)20-10)12-5-6-15(16(8-12)23-2)24-18(22)11-3-4-11/h5-8,11H,3-4H2,1-2H3,(H,20,21). The molecule has 0 spiro atoms. The number of rotatable bonds is 4. The van der Waals surface area contributed by atoms with Crippen LogP contribution in [0.2, 0.25) is 0 Å². The van der Waals surface area contributed by atoms with Gasteiger partial charge in [-0.05, 0) is 43.5 Å².